The van der Waals surface area contributed by atoms with Gasteiger partial charge >= 0.3 is 0 Å². The van der Waals surface area contributed by atoms with E-state index in [1.165, 1.54) is 24.5 Å². The van der Waals surface area contributed by atoms with Crippen molar-refractivity contribution in [3.63, 3.8) is 0 Å². The van der Waals surface area contributed by atoms with Crippen molar-refractivity contribution in [3.8, 4) is 0 Å². The Hall–Kier alpha value is -3.03. The molecule has 3 rings (SSSR count). The lowest BCUT2D eigenvalue weighted by Gasteiger charge is -2.34. The van der Waals surface area contributed by atoms with Gasteiger partial charge in [-0.25, -0.2) is 14.4 Å². The van der Waals surface area contributed by atoms with E-state index in [1.54, 1.807) is 24.0 Å². The van der Waals surface area contributed by atoms with Crippen molar-refractivity contribution >= 4 is 17.8 Å². The van der Waals surface area contributed by atoms with Gasteiger partial charge in [0.05, 0.1) is 5.56 Å². The molecule has 0 atom stereocenters. The summed E-state index contributed by atoms with van der Waals surface area (Å²) in [6.45, 7) is 4.63. The Morgan fingerprint density at radius 2 is 1.70 bits per heavy atom. The number of carbonyl (C=O) groups excluding carboxylic acids is 2. The highest BCUT2D eigenvalue weighted by Crippen LogP contribution is 2.11. The zero-order chi connectivity index (χ0) is 19.2. The summed E-state index contributed by atoms with van der Waals surface area (Å²) in [5, 5.41) is 2.81. The number of nitrogens with one attached hydrogen (secondary N) is 1. The van der Waals surface area contributed by atoms with Crippen LogP contribution < -0.4 is 10.2 Å². The molecule has 1 saturated heterocycles. The van der Waals surface area contributed by atoms with Crippen LogP contribution in [0, 0.1) is 5.82 Å². The molecule has 27 heavy (non-hydrogen) atoms. The highest BCUT2D eigenvalue weighted by atomic mass is 19.1. The Kier molecular flexibility index (Phi) is 5.95. The quantitative estimate of drug-likeness (QED) is 0.856. The Balaban J connectivity index is 1.48. The van der Waals surface area contributed by atoms with Crippen molar-refractivity contribution in [2.24, 2.45) is 0 Å². The molecule has 1 aromatic carbocycles. The molecule has 0 unspecified atom stereocenters. The van der Waals surface area contributed by atoms with Crippen LogP contribution in [0.1, 0.15) is 22.8 Å². The smallest absolute Gasteiger partial charge is 0.254 e. The molecule has 1 fully saturated rings. The van der Waals surface area contributed by atoms with Gasteiger partial charge in [0.15, 0.2) is 0 Å². The van der Waals surface area contributed by atoms with Crippen molar-refractivity contribution in [1.82, 2.24) is 20.2 Å². The summed E-state index contributed by atoms with van der Waals surface area (Å²) < 4.78 is 12.9. The van der Waals surface area contributed by atoms with E-state index in [0.29, 0.717) is 50.7 Å². The number of hydrogen-bond donors (Lipinski definition) is 1. The third-order valence-electron chi connectivity index (χ3n) is 4.52. The lowest BCUT2D eigenvalue weighted by Crippen LogP contribution is -2.48. The lowest BCUT2D eigenvalue weighted by molar-refractivity contribution is -0.129. The molecular formula is C19H22FN5O2. The second-order valence-electron chi connectivity index (χ2n) is 6.40. The fourth-order valence-corrected chi connectivity index (χ4v) is 2.90. The summed E-state index contributed by atoms with van der Waals surface area (Å²) in [7, 11) is 0. The van der Waals surface area contributed by atoms with Gasteiger partial charge in [0.2, 0.25) is 11.9 Å². The van der Waals surface area contributed by atoms with Crippen molar-refractivity contribution < 1.29 is 14.0 Å². The van der Waals surface area contributed by atoms with E-state index in [1.807, 2.05) is 4.90 Å². The number of amides is 2. The van der Waals surface area contributed by atoms with Gasteiger partial charge < -0.3 is 15.1 Å². The van der Waals surface area contributed by atoms with Gasteiger partial charge in [0.1, 0.15) is 5.82 Å². The van der Waals surface area contributed by atoms with Crippen LogP contribution in [0.4, 0.5) is 10.3 Å². The first-order chi connectivity index (χ1) is 13.0. The minimum atomic E-state index is -0.275. The standard InChI is InChI=1S/C19H22FN5O2/c1-14(26)24-8-10-25(11-9-24)19-22-12-16(13-23-19)18(27)21-7-6-15-2-4-17(20)5-3-15/h2-5,12-13H,6-11H2,1H3,(H,21,27). The number of hydrogen-bond acceptors (Lipinski definition) is 5. The summed E-state index contributed by atoms with van der Waals surface area (Å²) >= 11 is 0. The Morgan fingerprint density at radius 1 is 1.07 bits per heavy atom. The molecule has 1 aliphatic rings. The molecule has 0 spiro atoms. The fourth-order valence-electron chi connectivity index (χ4n) is 2.90. The fraction of sp³-hybridized carbons (Fsp3) is 0.368. The van der Waals surface area contributed by atoms with Gasteiger partial charge in [-0.05, 0) is 24.1 Å². The SMILES string of the molecule is CC(=O)N1CCN(c2ncc(C(=O)NCCc3ccc(F)cc3)cn2)CC1. The lowest BCUT2D eigenvalue weighted by atomic mass is 10.1. The maximum atomic E-state index is 12.9. The Morgan fingerprint density at radius 3 is 2.30 bits per heavy atom. The third-order valence-corrected chi connectivity index (χ3v) is 4.52. The van der Waals surface area contributed by atoms with Crippen molar-refractivity contribution in [2.75, 3.05) is 37.6 Å². The molecule has 2 aromatic rings. The zero-order valence-corrected chi connectivity index (χ0v) is 15.2. The molecule has 1 aliphatic heterocycles. The molecule has 2 amide bonds. The average Bonchev–Trinajstić information content (AvgIpc) is 2.69. The van der Waals surface area contributed by atoms with Crippen LogP contribution in [0.3, 0.4) is 0 Å². The highest BCUT2D eigenvalue weighted by Gasteiger charge is 2.20. The summed E-state index contributed by atoms with van der Waals surface area (Å²) in [5.74, 6) is 0.108. The normalized spacial score (nSPS) is 14.1. The van der Waals surface area contributed by atoms with Crippen molar-refractivity contribution in [1.29, 1.82) is 0 Å². The van der Waals surface area contributed by atoms with E-state index in [-0.39, 0.29) is 17.6 Å². The summed E-state index contributed by atoms with van der Waals surface area (Å²) in [5.41, 5.74) is 1.34. The third kappa shape index (κ3) is 4.99. The molecule has 8 heteroatoms. The number of aromatic nitrogens is 2. The van der Waals surface area contributed by atoms with Crippen LogP contribution in [0.15, 0.2) is 36.7 Å². The second-order valence-corrected chi connectivity index (χ2v) is 6.40. The van der Waals surface area contributed by atoms with E-state index in [9.17, 15) is 14.0 Å². The summed E-state index contributed by atoms with van der Waals surface area (Å²) in [6.07, 6.45) is 3.63. The average molecular weight is 371 g/mol. The van der Waals surface area contributed by atoms with E-state index >= 15 is 0 Å². The van der Waals surface area contributed by atoms with Crippen molar-refractivity contribution in [3.05, 3.63) is 53.6 Å². The monoisotopic (exact) mass is 371 g/mol. The van der Waals surface area contributed by atoms with Gasteiger partial charge in [-0.15, -0.1) is 0 Å². The largest absolute Gasteiger partial charge is 0.352 e. The maximum Gasteiger partial charge on any atom is 0.254 e. The molecule has 0 aliphatic carbocycles. The predicted molar refractivity (Wildman–Crippen MR) is 98.9 cm³/mol. The first kappa shape index (κ1) is 18.8. The Bertz CT molecular complexity index is 787. The van der Waals surface area contributed by atoms with E-state index in [2.05, 4.69) is 15.3 Å². The van der Waals surface area contributed by atoms with E-state index < -0.39 is 0 Å². The summed E-state index contributed by atoms with van der Waals surface area (Å²) in [4.78, 5) is 35.9. The van der Waals surface area contributed by atoms with Crippen molar-refractivity contribution in [2.45, 2.75) is 13.3 Å². The number of halogens is 1. The van der Waals surface area contributed by atoms with E-state index in [0.717, 1.165) is 5.56 Å². The molecule has 0 bridgehead atoms. The predicted octanol–water partition coefficient (Wildman–Crippen LogP) is 1.26. The Labute approximate surface area is 157 Å². The number of rotatable bonds is 5. The van der Waals surface area contributed by atoms with E-state index in [4.69, 9.17) is 0 Å². The topological polar surface area (TPSA) is 78.4 Å². The zero-order valence-electron chi connectivity index (χ0n) is 15.2. The minimum Gasteiger partial charge on any atom is -0.352 e. The van der Waals surface area contributed by atoms with Crippen LogP contribution in [0.25, 0.3) is 0 Å². The number of nitrogens with zero attached hydrogens (tertiary/aromatic N) is 4. The molecule has 0 saturated carbocycles. The molecule has 7 nitrogen and oxygen atoms in total. The molecule has 0 radical (unpaired) electrons. The summed E-state index contributed by atoms with van der Waals surface area (Å²) in [6, 6.07) is 6.20. The van der Waals surface area contributed by atoms with Crippen LogP contribution >= 0.6 is 0 Å². The van der Waals surface area contributed by atoms with Gasteiger partial charge in [-0.1, -0.05) is 12.1 Å². The van der Waals surface area contributed by atoms with Crippen LogP contribution in [-0.2, 0) is 11.2 Å². The first-order valence-electron chi connectivity index (χ1n) is 8.88. The van der Waals surface area contributed by atoms with Gasteiger partial charge in [0.25, 0.3) is 5.91 Å². The molecule has 1 N–H and O–H groups in total. The maximum absolute atomic E-state index is 12.9. The van der Waals surface area contributed by atoms with Crippen LogP contribution in [-0.4, -0.2) is 59.4 Å². The number of anilines is 1. The minimum absolute atomic E-state index is 0.0724. The van der Waals surface area contributed by atoms with Gasteiger partial charge in [-0.2, -0.15) is 0 Å². The molecule has 142 valence electrons. The first-order valence-corrected chi connectivity index (χ1v) is 8.88. The molecule has 2 heterocycles. The molecular weight excluding hydrogens is 349 g/mol. The number of carbonyl (C=O) groups is 2. The van der Waals surface area contributed by atoms with Crippen LogP contribution in [0.2, 0.25) is 0 Å². The highest BCUT2D eigenvalue weighted by molar-refractivity contribution is 5.93. The number of piperazine rings is 1. The van der Waals surface area contributed by atoms with Crippen LogP contribution in [0.5, 0.6) is 0 Å². The number of benzene rings is 1. The second kappa shape index (κ2) is 8.57. The molecule has 1 aromatic heterocycles. The van der Waals surface area contributed by atoms with Gasteiger partial charge in [-0.3, -0.25) is 9.59 Å². The van der Waals surface area contributed by atoms with Gasteiger partial charge in [0, 0.05) is 52.0 Å².